The van der Waals surface area contributed by atoms with Crippen LogP contribution in [-0.4, -0.2) is 35.2 Å². The number of ether oxygens (including phenoxy) is 1. The van der Waals surface area contributed by atoms with Gasteiger partial charge in [0.05, 0.1) is 0 Å². The highest BCUT2D eigenvalue weighted by molar-refractivity contribution is 5.86. The summed E-state index contributed by atoms with van der Waals surface area (Å²) in [5, 5.41) is 14.6. The van der Waals surface area contributed by atoms with Crippen molar-refractivity contribution in [2.24, 2.45) is 0 Å². The number of rotatable bonds is 12. The number of nitrogens with one attached hydrogen (secondary N) is 2. The predicted molar refractivity (Wildman–Crippen MR) is 137 cm³/mol. The molecule has 7 heteroatoms. The number of hydrogen-bond donors (Lipinski definition) is 3. The Balaban J connectivity index is 1.68. The van der Waals surface area contributed by atoms with Gasteiger partial charge in [-0.25, -0.2) is 9.59 Å². The minimum atomic E-state index is -1.10. The van der Waals surface area contributed by atoms with Crippen LogP contribution in [0.1, 0.15) is 23.1 Å². The number of carboxylic acid groups (broad SMARTS) is 1. The van der Waals surface area contributed by atoms with Crippen molar-refractivity contribution in [3.8, 4) is 0 Å². The van der Waals surface area contributed by atoms with Crippen LogP contribution in [0.25, 0.3) is 0 Å². The number of carbonyl (C=O) groups excluding carboxylic acids is 2. The van der Waals surface area contributed by atoms with Gasteiger partial charge in [-0.1, -0.05) is 97.1 Å². The van der Waals surface area contributed by atoms with E-state index in [4.69, 9.17) is 9.84 Å². The summed E-state index contributed by atoms with van der Waals surface area (Å²) in [6, 6.07) is 26.9. The molecule has 0 aliphatic rings. The van der Waals surface area contributed by atoms with Gasteiger partial charge in [0.1, 0.15) is 12.6 Å². The first kappa shape index (κ1) is 26.2. The molecular formula is C29H30N2O5. The zero-order chi connectivity index (χ0) is 25.6. The number of hydrogen-bond acceptors (Lipinski definition) is 4. The van der Waals surface area contributed by atoms with E-state index in [1.807, 2.05) is 91.0 Å². The van der Waals surface area contributed by atoms with Crippen molar-refractivity contribution < 1.29 is 24.2 Å². The van der Waals surface area contributed by atoms with Gasteiger partial charge in [-0.15, -0.1) is 0 Å². The Morgan fingerprint density at radius 3 is 1.92 bits per heavy atom. The third kappa shape index (κ3) is 9.46. The van der Waals surface area contributed by atoms with Crippen LogP contribution in [0.2, 0.25) is 0 Å². The highest BCUT2D eigenvalue weighted by Crippen LogP contribution is 2.09. The van der Waals surface area contributed by atoms with Crippen molar-refractivity contribution >= 4 is 18.0 Å². The molecule has 2 atom stereocenters. The number of amides is 2. The van der Waals surface area contributed by atoms with Gasteiger partial charge in [0.15, 0.2) is 0 Å². The number of benzene rings is 3. The van der Waals surface area contributed by atoms with E-state index in [1.165, 1.54) is 6.08 Å². The molecule has 3 N–H and O–H groups in total. The topological polar surface area (TPSA) is 105 Å². The van der Waals surface area contributed by atoms with Gasteiger partial charge in [0, 0.05) is 18.5 Å². The van der Waals surface area contributed by atoms with Gasteiger partial charge < -0.3 is 20.5 Å². The SMILES string of the molecule is O=C(O)/C=C/C(CCc1ccccc1)NC(=O)[C@H](Cc1ccccc1)NC(=O)OCc1ccccc1. The Bertz CT molecular complexity index is 1130. The van der Waals surface area contributed by atoms with E-state index in [9.17, 15) is 14.4 Å². The average molecular weight is 487 g/mol. The molecule has 0 aliphatic carbocycles. The number of carboxylic acids is 1. The van der Waals surface area contributed by atoms with E-state index < -0.39 is 30.1 Å². The molecule has 0 radical (unpaired) electrons. The zero-order valence-electron chi connectivity index (χ0n) is 19.9. The molecule has 0 spiro atoms. The first-order chi connectivity index (χ1) is 17.5. The van der Waals surface area contributed by atoms with Gasteiger partial charge >= 0.3 is 12.1 Å². The van der Waals surface area contributed by atoms with Crippen LogP contribution >= 0.6 is 0 Å². The van der Waals surface area contributed by atoms with Crippen molar-refractivity contribution in [1.29, 1.82) is 0 Å². The van der Waals surface area contributed by atoms with Crippen molar-refractivity contribution in [1.82, 2.24) is 10.6 Å². The van der Waals surface area contributed by atoms with Crippen LogP contribution in [0.15, 0.2) is 103 Å². The molecule has 0 saturated heterocycles. The number of aryl methyl sites for hydroxylation is 1. The first-order valence-corrected chi connectivity index (χ1v) is 11.8. The fraction of sp³-hybridized carbons (Fsp3) is 0.207. The maximum atomic E-state index is 13.3. The standard InChI is InChI=1S/C29H30N2O5/c32-27(33)19-18-25(17-16-22-10-4-1-5-11-22)30-28(34)26(20-23-12-6-2-7-13-23)31-29(35)36-21-24-14-8-3-9-15-24/h1-15,18-19,25-26H,16-17,20-21H2,(H,30,34)(H,31,35)(H,32,33)/b19-18+/t25?,26-/m0/s1. The van der Waals surface area contributed by atoms with Crippen LogP contribution < -0.4 is 10.6 Å². The Morgan fingerprint density at radius 2 is 1.33 bits per heavy atom. The summed E-state index contributed by atoms with van der Waals surface area (Å²) < 4.78 is 5.31. The van der Waals surface area contributed by atoms with E-state index >= 15 is 0 Å². The minimum absolute atomic E-state index is 0.0768. The van der Waals surface area contributed by atoms with Crippen LogP contribution in [0, 0.1) is 0 Å². The summed E-state index contributed by atoms with van der Waals surface area (Å²) in [4.78, 5) is 36.9. The molecule has 0 aromatic heterocycles. The summed E-state index contributed by atoms with van der Waals surface area (Å²) in [5.74, 6) is -1.53. The number of carbonyl (C=O) groups is 3. The average Bonchev–Trinajstić information content (AvgIpc) is 2.90. The molecule has 3 rings (SSSR count). The second-order valence-electron chi connectivity index (χ2n) is 8.29. The molecule has 0 aliphatic heterocycles. The Kier molecular flexibility index (Phi) is 10.3. The normalized spacial score (nSPS) is 12.4. The predicted octanol–water partition coefficient (Wildman–Crippen LogP) is 4.28. The maximum Gasteiger partial charge on any atom is 0.408 e. The third-order valence-electron chi connectivity index (χ3n) is 5.49. The van der Waals surface area contributed by atoms with Gasteiger partial charge in [-0.2, -0.15) is 0 Å². The van der Waals surface area contributed by atoms with Crippen molar-refractivity contribution in [3.63, 3.8) is 0 Å². The molecule has 36 heavy (non-hydrogen) atoms. The molecule has 2 amide bonds. The first-order valence-electron chi connectivity index (χ1n) is 11.8. The van der Waals surface area contributed by atoms with Gasteiger partial charge in [0.2, 0.25) is 5.91 Å². The minimum Gasteiger partial charge on any atom is -0.478 e. The fourth-order valence-corrected chi connectivity index (χ4v) is 3.63. The van der Waals surface area contributed by atoms with Gasteiger partial charge in [0.25, 0.3) is 0 Å². The molecule has 1 unspecified atom stereocenters. The largest absolute Gasteiger partial charge is 0.478 e. The number of aliphatic carboxylic acids is 1. The monoisotopic (exact) mass is 486 g/mol. The second kappa shape index (κ2) is 14.1. The van der Waals surface area contributed by atoms with E-state index in [0.29, 0.717) is 12.8 Å². The quantitative estimate of drug-likeness (QED) is 0.332. The summed E-state index contributed by atoms with van der Waals surface area (Å²) >= 11 is 0. The molecule has 186 valence electrons. The summed E-state index contributed by atoms with van der Waals surface area (Å²) in [6.07, 6.45) is 3.15. The van der Waals surface area contributed by atoms with Gasteiger partial charge in [-0.3, -0.25) is 4.79 Å². The van der Waals surface area contributed by atoms with E-state index in [1.54, 1.807) is 0 Å². The van der Waals surface area contributed by atoms with Gasteiger partial charge in [-0.05, 0) is 29.5 Å². The molecule has 3 aromatic carbocycles. The van der Waals surface area contributed by atoms with Crippen molar-refractivity contribution in [2.45, 2.75) is 38.0 Å². The molecular weight excluding hydrogens is 456 g/mol. The lowest BCUT2D eigenvalue weighted by molar-refractivity contribution is -0.131. The molecule has 0 saturated carbocycles. The zero-order valence-corrected chi connectivity index (χ0v) is 19.9. The van der Waals surface area contributed by atoms with Crippen molar-refractivity contribution in [3.05, 3.63) is 120 Å². The highest BCUT2D eigenvalue weighted by Gasteiger charge is 2.24. The molecule has 0 heterocycles. The molecule has 0 fully saturated rings. The lowest BCUT2D eigenvalue weighted by Gasteiger charge is -2.22. The second-order valence-corrected chi connectivity index (χ2v) is 8.29. The summed E-state index contributed by atoms with van der Waals surface area (Å²) in [7, 11) is 0. The van der Waals surface area contributed by atoms with E-state index in [0.717, 1.165) is 22.8 Å². The van der Waals surface area contributed by atoms with Crippen LogP contribution in [0.4, 0.5) is 4.79 Å². The molecule has 3 aromatic rings. The highest BCUT2D eigenvalue weighted by atomic mass is 16.5. The lowest BCUT2D eigenvalue weighted by atomic mass is 10.0. The van der Waals surface area contributed by atoms with E-state index in [2.05, 4.69) is 10.6 Å². The van der Waals surface area contributed by atoms with Crippen LogP contribution in [0.5, 0.6) is 0 Å². The smallest absolute Gasteiger partial charge is 0.408 e. The maximum absolute atomic E-state index is 13.3. The molecule has 7 nitrogen and oxygen atoms in total. The number of alkyl carbamates (subject to hydrolysis) is 1. The van der Waals surface area contributed by atoms with Crippen LogP contribution in [-0.2, 0) is 33.8 Å². The third-order valence-corrected chi connectivity index (χ3v) is 5.49. The lowest BCUT2D eigenvalue weighted by Crippen LogP contribution is -2.50. The van der Waals surface area contributed by atoms with Crippen molar-refractivity contribution in [2.75, 3.05) is 0 Å². The Labute approximate surface area is 210 Å². The molecule has 0 bridgehead atoms. The van der Waals surface area contributed by atoms with Crippen LogP contribution in [0.3, 0.4) is 0 Å². The Morgan fingerprint density at radius 1 is 0.778 bits per heavy atom. The van der Waals surface area contributed by atoms with E-state index in [-0.39, 0.29) is 13.0 Å². The summed E-state index contributed by atoms with van der Waals surface area (Å²) in [5.41, 5.74) is 2.77. The summed E-state index contributed by atoms with van der Waals surface area (Å²) in [6.45, 7) is 0.0768. The Hall–Kier alpha value is -4.39. The fourth-order valence-electron chi connectivity index (χ4n) is 3.63.